The van der Waals surface area contributed by atoms with Crippen molar-refractivity contribution in [3.05, 3.63) is 65.7 Å². The molecule has 0 aliphatic heterocycles. The zero-order valence-electron chi connectivity index (χ0n) is 9.93. The lowest BCUT2D eigenvalue weighted by Gasteiger charge is -2.13. The van der Waals surface area contributed by atoms with Crippen LogP contribution in [0.1, 0.15) is 17.2 Å². The molecule has 0 bridgehead atoms. The molecule has 2 rings (SSSR count). The second-order valence-corrected chi connectivity index (χ2v) is 4.17. The molecule has 0 amide bonds. The van der Waals surface area contributed by atoms with Crippen LogP contribution in [0.5, 0.6) is 0 Å². The summed E-state index contributed by atoms with van der Waals surface area (Å²) < 4.78 is 0. The number of aryl methyl sites for hydroxylation is 1. The quantitative estimate of drug-likeness (QED) is 0.841. The van der Waals surface area contributed by atoms with Crippen molar-refractivity contribution in [2.45, 2.75) is 13.0 Å². The number of aliphatic hydroxyl groups excluding tert-OH is 1. The molecule has 0 saturated heterocycles. The summed E-state index contributed by atoms with van der Waals surface area (Å²) in [7, 11) is 0. The van der Waals surface area contributed by atoms with Crippen LogP contribution in [0.15, 0.2) is 54.6 Å². The van der Waals surface area contributed by atoms with Crippen molar-refractivity contribution in [1.29, 1.82) is 0 Å². The van der Waals surface area contributed by atoms with Gasteiger partial charge in [-0.15, -0.1) is 0 Å². The average molecular weight is 227 g/mol. The predicted octanol–water partition coefficient (Wildman–Crippen LogP) is 3.14. The molecule has 2 aromatic carbocycles. The maximum Gasteiger partial charge on any atom is 0.0962 e. The third kappa shape index (κ3) is 3.33. The van der Waals surface area contributed by atoms with Crippen LogP contribution >= 0.6 is 0 Å². The normalized spacial score (nSPS) is 12.1. The molecule has 2 N–H and O–H groups in total. The van der Waals surface area contributed by atoms with Crippen LogP contribution in [0.4, 0.5) is 5.69 Å². The molecule has 2 aromatic rings. The van der Waals surface area contributed by atoms with Crippen molar-refractivity contribution in [3.63, 3.8) is 0 Å². The van der Waals surface area contributed by atoms with E-state index in [9.17, 15) is 5.11 Å². The molecule has 1 atom stereocenters. The summed E-state index contributed by atoms with van der Waals surface area (Å²) in [5.41, 5.74) is 3.21. The molecule has 0 spiro atoms. The van der Waals surface area contributed by atoms with E-state index in [1.54, 1.807) is 0 Å². The van der Waals surface area contributed by atoms with E-state index >= 15 is 0 Å². The maximum absolute atomic E-state index is 9.97. The van der Waals surface area contributed by atoms with E-state index in [0.717, 1.165) is 11.3 Å². The fraction of sp³-hybridized carbons (Fsp3) is 0.200. The third-order valence-corrected chi connectivity index (χ3v) is 2.74. The lowest BCUT2D eigenvalue weighted by atomic mass is 10.1. The Morgan fingerprint density at radius 2 is 1.65 bits per heavy atom. The summed E-state index contributed by atoms with van der Waals surface area (Å²) in [6.07, 6.45) is -0.475. The summed E-state index contributed by atoms with van der Waals surface area (Å²) in [5, 5.41) is 13.2. The van der Waals surface area contributed by atoms with Gasteiger partial charge in [0.1, 0.15) is 0 Å². The Hall–Kier alpha value is -1.80. The third-order valence-electron chi connectivity index (χ3n) is 2.74. The topological polar surface area (TPSA) is 32.3 Å². The standard InChI is InChI=1S/C15H17NO/c1-12-7-9-14(10-8-12)16-11-15(17)13-5-3-2-4-6-13/h2-10,15-17H,11H2,1H3/t15-/m0/s1. The van der Waals surface area contributed by atoms with Gasteiger partial charge in [0.15, 0.2) is 0 Å². The number of aliphatic hydroxyl groups is 1. The van der Waals surface area contributed by atoms with E-state index in [0.29, 0.717) is 6.54 Å². The van der Waals surface area contributed by atoms with E-state index in [-0.39, 0.29) is 0 Å². The predicted molar refractivity (Wildman–Crippen MR) is 71.1 cm³/mol. The van der Waals surface area contributed by atoms with Crippen LogP contribution in [0.3, 0.4) is 0 Å². The van der Waals surface area contributed by atoms with E-state index in [1.807, 2.05) is 42.5 Å². The number of hydrogen-bond donors (Lipinski definition) is 2. The van der Waals surface area contributed by atoms with Crippen LogP contribution in [-0.4, -0.2) is 11.7 Å². The van der Waals surface area contributed by atoms with E-state index < -0.39 is 6.10 Å². The second kappa shape index (κ2) is 5.51. The Morgan fingerprint density at radius 3 is 2.29 bits per heavy atom. The Balaban J connectivity index is 1.92. The number of hydrogen-bond acceptors (Lipinski definition) is 2. The van der Waals surface area contributed by atoms with Crippen LogP contribution in [0.2, 0.25) is 0 Å². The molecule has 0 aliphatic rings. The lowest BCUT2D eigenvalue weighted by Crippen LogP contribution is -2.11. The zero-order valence-corrected chi connectivity index (χ0v) is 9.93. The Kier molecular flexibility index (Phi) is 3.78. The molecule has 0 unspecified atom stereocenters. The Morgan fingerprint density at radius 1 is 1.00 bits per heavy atom. The largest absolute Gasteiger partial charge is 0.387 e. The Bertz CT molecular complexity index is 450. The van der Waals surface area contributed by atoms with Gasteiger partial charge in [-0.1, -0.05) is 48.0 Å². The van der Waals surface area contributed by atoms with Gasteiger partial charge < -0.3 is 10.4 Å². The molecular formula is C15H17NO. The molecule has 2 nitrogen and oxygen atoms in total. The van der Waals surface area contributed by atoms with Crippen molar-refractivity contribution in [2.24, 2.45) is 0 Å². The molecule has 0 aliphatic carbocycles. The molecule has 0 fully saturated rings. The van der Waals surface area contributed by atoms with Gasteiger partial charge in [-0.05, 0) is 24.6 Å². The summed E-state index contributed by atoms with van der Waals surface area (Å²) in [5.74, 6) is 0. The highest BCUT2D eigenvalue weighted by Gasteiger charge is 2.05. The van der Waals surface area contributed by atoms with Gasteiger partial charge in [-0.25, -0.2) is 0 Å². The maximum atomic E-state index is 9.97. The summed E-state index contributed by atoms with van der Waals surface area (Å²) >= 11 is 0. The van der Waals surface area contributed by atoms with Gasteiger partial charge in [-0.3, -0.25) is 0 Å². The van der Waals surface area contributed by atoms with Crippen LogP contribution in [0.25, 0.3) is 0 Å². The molecule has 17 heavy (non-hydrogen) atoms. The minimum atomic E-state index is -0.475. The summed E-state index contributed by atoms with van der Waals surface area (Å²) in [6, 6.07) is 17.8. The molecule has 0 heterocycles. The van der Waals surface area contributed by atoms with Crippen LogP contribution < -0.4 is 5.32 Å². The minimum absolute atomic E-state index is 0.475. The molecule has 2 heteroatoms. The van der Waals surface area contributed by atoms with Gasteiger partial charge >= 0.3 is 0 Å². The fourth-order valence-electron chi connectivity index (χ4n) is 1.68. The minimum Gasteiger partial charge on any atom is -0.387 e. The summed E-state index contributed by atoms with van der Waals surface area (Å²) in [4.78, 5) is 0. The summed E-state index contributed by atoms with van der Waals surface area (Å²) in [6.45, 7) is 2.58. The molecule has 88 valence electrons. The SMILES string of the molecule is Cc1ccc(NC[C@H](O)c2ccccc2)cc1. The van der Waals surface area contributed by atoms with Gasteiger partial charge in [0.2, 0.25) is 0 Å². The van der Waals surface area contributed by atoms with Crippen molar-refractivity contribution in [3.8, 4) is 0 Å². The first kappa shape index (κ1) is 11.7. The number of nitrogens with one attached hydrogen (secondary N) is 1. The molecular weight excluding hydrogens is 210 g/mol. The van der Waals surface area contributed by atoms with Gasteiger partial charge in [0.25, 0.3) is 0 Å². The average Bonchev–Trinajstić information content (AvgIpc) is 2.39. The number of anilines is 1. The van der Waals surface area contributed by atoms with Gasteiger partial charge in [-0.2, -0.15) is 0 Å². The molecule has 0 radical (unpaired) electrons. The number of benzene rings is 2. The van der Waals surface area contributed by atoms with Gasteiger partial charge in [0, 0.05) is 12.2 Å². The lowest BCUT2D eigenvalue weighted by molar-refractivity contribution is 0.191. The van der Waals surface area contributed by atoms with E-state index in [2.05, 4.69) is 24.4 Å². The van der Waals surface area contributed by atoms with Crippen molar-refractivity contribution in [1.82, 2.24) is 0 Å². The van der Waals surface area contributed by atoms with E-state index in [4.69, 9.17) is 0 Å². The van der Waals surface area contributed by atoms with Crippen molar-refractivity contribution in [2.75, 3.05) is 11.9 Å². The van der Waals surface area contributed by atoms with E-state index in [1.165, 1.54) is 5.56 Å². The highest BCUT2D eigenvalue weighted by molar-refractivity contribution is 5.44. The Labute approximate surface area is 102 Å². The van der Waals surface area contributed by atoms with Crippen molar-refractivity contribution >= 4 is 5.69 Å². The highest BCUT2D eigenvalue weighted by atomic mass is 16.3. The fourth-order valence-corrected chi connectivity index (χ4v) is 1.68. The highest BCUT2D eigenvalue weighted by Crippen LogP contribution is 2.14. The monoisotopic (exact) mass is 227 g/mol. The van der Waals surface area contributed by atoms with Crippen LogP contribution in [0, 0.1) is 6.92 Å². The zero-order chi connectivity index (χ0) is 12.1. The first-order chi connectivity index (χ1) is 8.25. The van der Waals surface area contributed by atoms with Gasteiger partial charge in [0.05, 0.1) is 6.10 Å². The molecule has 0 aromatic heterocycles. The molecule has 0 saturated carbocycles. The van der Waals surface area contributed by atoms with Crippen LogP contribution in [-0.2, 0) is 0 Å². The first-order valence-electron chi connectivity index (χ1n) is 5.79. The van der Waals surface area contributed by atoms with Crippen molar-refractivity contribution < 1.29 is 5.11 Å². The second-order valence-electron chi connectivity index (χ2n) is 4.17. The number of rotatable bonds is 4. The smallest absolute Gasteiger partial charge is 0.0962 e. The first-order valence-corrected chi connectivity index (χ1v) is 5.79.